The topological polar surface area (TPSA) is 93.3 Å². The summed E-state index contributed by atoms with van der Waals surface area (Å²) < 4.78 is 11.1. The van der Waals surface area contributed by atoms with Crippen molar-refractivity contribution in [2.24, 2.45) is 0 Å². The summed E-state index contributed by atoms with van der Waals surface area (Å²) in [6.07, 6.45) is 5.66. The Labute approximate surface area is 181 Å². The molecule has 2 fully saturated rings. The van der Waals surface area contributed by atoms with Gasteiger partial charge >= 0.3 is 0 Å². The molecule has 0 atom stereocenters. The third-order valence-electron chi connectivity index (χ3n) is 5.94. The van der Waals surface area contributed by atoms with Gasteiger partial charge in [0, 0.05) is 56.3 Å². The fourth-order valence-electron chi connectivity index (χ4n) is 4.23. The van der Waals surface area contributed by atoms with Crippen LogP contribution in [0.25, 0.3) is 11.3 Å². The van der Waals surface area contributed by atoms with Gasteiger partial charge in [0.2, 0.25) is 11.9 Å². The first-order valence-corrected chi connectivity index (χ1v) is 10.9. The van der Waals surface area contributed by atoms with Crippen LogP contribution < -0.4 is 9.80 Å². The van der Waals surface area contributed by atoms with Crippen LogP contribution in [0.15, 0.2) is 29.0 Å². The third-order valence-corrected chi connectivity index (χ3v) is 5.94. The molecule has 0 bridgehead atoms. The first-order chi connectivity index (χ1) is 15.2. The summed E-state index contributed by atoms with van der Waals surface area (Å²) in [5.74, 6) is 2.61. The Morgan fingerprint density at radius 1 is 0.903 bits per heavy atom. The molecule has 0 saturated carbocycles. The van der Waals surface area contributed by atoms with Crippen LogP contribution in [0.3, 0.4) is 0 Å². The van der Waals surface area contributed by atoms with E-state index in [0.717, 1.165) is 79.3 Å². The molecule has 0 spiro atoms. The van der Waals surface area contributed by atoms with Crippen LogP contribution in [-0.2, 0) is 4.74 Å². The van der Waals surface area contributed by atoms with Gasteiger partial charge in [0.1, 0.15) is 0 Å². The lowest BCUT2D eigenvalue weighted by atomic mass is 9.90. The number of piperidine rings is 1. The van der Waals surface area contributed by atoms with Crippen LogP contribution in [0.5, 0.6) is 0 Å². The van der Waals surface area contributed by atoms with Crippen molar-refractivity contribution in [3.05, 3.63) is 41.6 Å². The van der Waals surface area contributed by atoms with Crippen molar-refractivity contribution < 1.29 is 9.26 Å². The van der Waals surface area contributed by atoms with Crippen LogP contribution in [0.1, 0.15) is 35.8 Å². The molecule has 162 valence electrons. The van der Waals surface area contributed by atoms with Crippen LogP contribution in [0, 0.1) is 13.8 Å². The average Bonchev–Trinajstić information content (AvgIpc) is 3.25. The zero-order chi connectivity index (χ0) is 21.2. The molecule has 0 aromatic carbocycles. The summed E-state index contributed by atoms with van der Waals surface area (Å²) in [5, 5.41) is 4.07. The standard InChI is InChI=1S/C22H27N7O2/c1-15-3-6-23-21(25-15)28-7-4-17(5-8-28)20-18(19-13-16(2)27-31-19)14-24-22(26-20)29-9-11-30-12-10-29/h3,6,13-14,17H,4-5,7-12H2,1-2H3. The summed E-state index contributed by atoms with van der Waals surface area (Å²) in [5.41, 5.74) is 3.81. The van der Waals surface area contributed by atoms with Crippen molar-refractivity contribution in [1.82, 2.24) is 25.1 Å². The van der Waals surface area contributed by atoms with E-state index in [1.165, 1.54) is 0 Å². The van der Waals surface area contributed by atoms with Crippen molar-refractivity contribution >= 4 is 11.9 Å². The molecule has 0 unspecified atom stereocenters. The second kappa shape index (κ2) is 8.58. The summed E-state index contributed by atoms with van der Waals surface area (Å²) in [4.78, 5) is 23.2. The van der Waals surface area contributed by atoms with Gasteiger partial charge in [-0.2, -0.15) is 0 Å². The first kappa shape index (κ1) is 19.9. The fourth-order valence-corrected chi connectivity index (χ4v) is 4.23. The van der Waals surface area contributed by atoms with Gasteiger partial charge in [-0.05, 0) is 32.8 Å². The molecule has 3 aromatic rings. The van der Waals surface area contributed by atoms with Crippen molar-refractivity contribution in [2.75, 3.05) is 49.2 Å². The molecular formula is C22H27N7O2. The molecule has 2 saturated heterocycles. The van der Waals surface area contributed by atoms with Crippen molar-refractivity contribution in [1.29, 1.82) is 0 Å². The summed E-state index contributed by atoms with van der Waals surface area (Å²) in [6.45, 7) is 8.73. The Kier molecular flexibility index (Phi) is 5.50. The van der Waals surface area contributed by atoms with Gasteiger partial charge in [0.15, 0.2) is 5.76 Å². The molecule has 2 aliphatic rings. The first-order valence-electron chi connectivity index (χ1n) is 10.9. The van der Waals surface area contributed by atoms with E-state index in [-0.39, 0.29) is 0 Å². The number of ether oxygens (including phenoxy) is 1. The van der Waals surface area contributed by atoms with E-state index >= 15 is 0 Å². The maximum Gasteiger partial charge on any atom is 0.225 e. The van der Waals surface area contributed by atoms with E-state index in [0.29, 0.717) is 19.1 Å². The van der Waals surface area contributed by atoms with Gasteiger partial charge in [-0.3, -0.25) is 0 Å². The van der Waals surface area contributed by atoms with E-state index in [4.69, 9.17) is 14.2 Å². The normalized spacial score (nSPS) is 17.9. The number of hydrogen-bond acceptors (Lipinski definition) is 9. The number of morpholine rings is 1. The smallest absolute Gasteiger partial charge is 0.225 e. The number of rotatable bonds is 4. The highest BCUT2D eigenvalue weighted by Crippen LogP contribution is 2.35. The maximum atomic E-state index is 5.58. The quantitative estimate of drug-likeness (QED) is 0.630. The SMILES string of the molecule is Cc1cc(-c2cnc(N3CCOCC3)nc2C2CCN(c3nccc(C)n3)CC2)on1. The van der Waals surface area contributed by atoms with Crippen molar-refractivity contribution in [3.63, 3.8) is 0 Å². The van der Waals surface area contributed by atoms with Gasteiger partial charge in [-0.1, -0.05) is 5.16 Å². The van der Waals surface area contributed by atoms with E-state index < -0.39 is 0 Å². The fraction of sp³-hybridized carbons (Fsp3) is 0.500. The number of hydrogen-bond donors (Lipinski definition) is 0. The maximum absolute atomic E-state index is 5.58. The lowest BCUT2D eigenvalue weighted by Crippen LogP contribution is -2.38. The minimum absolute atomic E-state index is 0.309. The van der Waals surface area contributed by atoms with Gasteiger partial charge in [0.25, 0.3) is 0 Å². The Bertz CT molecular complexity index is 1040. The zero-order valence-electron chi connectivity index (χ0n) is 18.0. The largest absolute Gasteiger partial charge is 0.378 e. The number of aryl methyl sites for hydroxylation is 2. The van der Waals surface area contributed by atoms with Gasteiger partial charge < -0.3 is 19.1 Å². The minimum atomic E-state index is 0.309. The summed E-state index contributed by atoms with van der Waals surface area (Å²) in [6, 6.07) is 3.88. The molecule has 0 radical (unpaired) electrons. The Morgan fingerprint density at radius 2 is 1.65 bits per heavy atom. The highest BCUT2D eigenvalue weighted by molar-refractivity contribution is 5.61. The van der Waals surface area contributed by atoms with Crippen molar-refractivity contribution in [3.8, 4) is 11.3 Å². The molecule has 0 aliphatic carbocycles. The van der Waals surface area contributed by atoms with Gasteiger partial charge in [-0.25, -0.2) is 19.9 Å². The highest BCUT2D eigenvalue weighted by Gasteiger charge is 2.28. The van der Waals surface area contributed by atoms with Gasteiger partial charge in [-0.15, -0.1) is 0 Å². The predicted octanol–water partition coefficient (Wildman–Crippen LogP) is 2.76. The van der Waals surface area contributed by atoms with Crippen LogP contribution in [0.4, 0.5) is 11.9 Å². The molecule has 2 aliphatic heterocycles. The summed E-state index contributed by atoms with van der Waals surface area (Å²) >= 11 is 0. The average molecular weight is 422 g/mol. The predicted molar refractivity (Wildman–Crippen MR) is 116 cm³/mol. The number of aromatic nitrogens is 5. The lowest BCUT2D eigenvalue weighted by Gasteiger charge is -2.33. The number of nitrogens with zero attached hydrogens (tertiary/aromatic N) is 7. The molecule has 5 heterocycles. The lowest BCUT2D eigenvalue weighted by molar-refractivity contribution is 0.122. The Balaban J connectivity index is 1.42. The number of anilines is 2. The van der Waals surface area contributed by atoms with E-state index in [1.54, 1.807) is 0 Å². The van der Waals surface area contributed by atoms with E-state index in [9.17, 15) is 0 Å². The molecule has 0 N–H and O–H groups in total. The molecule has 9 nitrogen and oxygen atoms in total. The monoisotopic (exact) mass is 421 g/mol. The van der Waals surface area contributed by atoms with Crippen molar-refractivity contribution in [2.45, 2.75) is 32.6 Å². The molecular weight excluding hydrogens is 394 g/mol. The molecule has 0 amide bonds. The molecule has 31 heavy (non-hydrogen) atoms. The van der Waals surface area contributed by atoms with Gasteiger partial charge in [0.05, 0.1) is 30.2 Å². The van der Waals surface area contributed by atoms with E-state index in [2.05, 4.69) is 29.9 Å². The van der Waals surface area contributed by atoms with Crippen LogP contribution in [-0.4, -0.2) is 64.5 Å². The zero-order valence-corrected chi connectivity index (χ0v) is 18.0. The Hall–Kier alpha value is -3.07. The molecule has 5 rings (SSSR count). The van der Waals surface area contributed by atoms with E-state index in [1.807, 2.05) is 38.4 Å². The second-order valence-electron chi connectivity index (χ2n) is 8.16. The van der Waals surface area contributed by atoms with Crippen LogP contribution in [0.2, 0.25) is 0 Å². The Morgan fingerprint density at radius 3 is 2.35 bits per heavy atom. The molecule has 3 aromatic heterocycles. The minimum Gasteiger partial charge on any atom is -0.378 e. The summed E-state index contributed by atoms with van der Waals surface area (Å²) in [7, 11) is 0. The highest BCUT2D eigenvalue weighted by atomic mass is 16.5. The second-order valence-corrected chi connectivity index (χ2v) is 8.16. The molecule has 9 heteroatoms. The third kappa shape index (κ3) is 4.23. The van der Waals surface area contributed by atoms with Crippen LogP contribution >= 0.6 is 0 Å².